The number of Topliss-reactive ketones (excluding diaryl/α,β-unsaturated/α-hetero) is 1. The Balaban J connectivity index is 1.39. The Morgan fingerprint density at radius 2 is 1.52 bits per heavy atom. The molecule has 166 valence electrons. The number of carbonyl (C=O) groups excluding carboxylic acids is 1. The topological polar surface area (TPSA) is 17.1 Å². The summed E-state index contributed by atoms with van der Waals surface area (Å²) in [5.74, 6) is 5.05. The SMILES string of the molecule is CCCCCCCCC1CC[C@H]2[C@@H]3CC[C@H]4C(I)C(=O)CC[C@]4(C)[C@H]3CC[C@]12C. The molecule has 8 atom stereocenters. The molecule has 0 saturated heterocycles. The summed E-state index contributed by atoms with van der Waals surface area (Å²) in [4.78, 5) is 12.4. The average molecular weight is 513 g/mol. The van der Waals surface area contributed by atoms with Crippen molar-refractivity contribution in [3.8, 4) is 0 Å². The number of fused-ring (bicyclic) bond motifs is 5. The third-order valence-corrected chi connectivity index (χ3v) is 12.2. The predicted octanol–water partition coefficient (Wildman–Crippen LogP) is 8.38. The van der Waals surface area contributed by atoms with Gasteiger partial charge in [-0.1, -0.05) is 81.9 Å². The van der Waals surface area contributed by atoms with Crippen LogP contribution in [0.15, 0.2) is 0 Å². The number of halogens is 1. The zero-order chi connectivity index (χ0) is 20.6. The predicted molar refractivity (Wildman–Crippen MR) is 131 cm³/mol. The van der Waals surface area contributed by atoms with Crippen LogP contribution in [-0.2, 0) is 4.79 Å². The highest BCUT2D eigenvalue weighted by atomic mass is 127. The summed E-state index contributed by atoms with van der Waals surface area (Å²) in [6.07, 6.45) is 20.9. The third kappa shape index (κ3) is 3.99. The molecule has 0 bridgehead atoms. The van der Waals surface area contributed by atoms with E-state index >= 15 is 0 Å². The van der Waals surface area contributed by atoms with Crippen LogP contribution in [0.4, 0.5) is 0 Å². The molecule has 2 unspecified atom stereocenters. The molecular formula is C27H45IO. The Bertz CT molecular complexity index is 587. The molecule has 4 fully saturated rings. The van der Waals surface area contributed by atoms with Gasteiger partial charge in [0, 0.05) is 6.42 Å². The molecule has 29 heavy (non-hydrogen) atoms. The Kier molecular flexibility index (Phi) is 7.09. The quantitative estimate of drug-likeness (QED) is 0.190. The van der Waals surface area contributed by atoms with Gasteiger partial charge in [0.05, 0.1) is 3.92 Å². The summed E-state index contributed by atoms with van der Waals surface area (Å²) < 4.78 is 0.296. The van der Waals surface area contributed by atoms with Gasteiger partial charge < -0.3 is 0 Å². The summed E-state index contributed by atoms with van der Waals surface area (Å²) in [5.41, 5.74) is 1.07. The maximum Gasteiger partial charge on any atom is 0.145 e. The maximum absolute atomic E-state index is 12.4. The summed E-state index contributed by atoms with van der Waals surface area (Å²) in [5, 5.41) is 0. The number of unbranched alkanes of at least 4 members (excludes halogenated alkanes) is 5. The number of rotatable bonds is 7. The van der Waals surface area contributed by atoms with Crippen molar-refractivity contribution >= 4 is 28.4 Å². The first-order valence-electron chi connectivity index (χ1n) is 13.1. The number of ketones is 1. The first kappa shape index (κ1) is 22.6. The summed E-state index contributed by atoms with van der Waals surface area (Å²) in [6, 6.07) is 0. The molecule has 4 saturated carbocycles. The molecule has 2 heteroatoms. The molecule has 0 aromatic rings. The molecule has 0 radical (unpaired) electrons. The van der Waals surface area contributed by atoms with E-state index in [1.807, 2.05) is 0 Å². The normalized spacial score (nSPS) is 46.8. The van der Waals surface area contributed by atoms with E-state index in [9.17, 15) is 4.79 Å². The summed E-state index contributed by atoms with van der Waals surface area (Å²) >= 11 is 2.51. The number of carbonyl (C=O) groups is 1. The van der Waals surface area contributed by atoms with Gasteiger partial charge >= 0.3 is 0 Å². The van der Waals surface area contributed by atoms with Gasteiger partial charge in [-0.15, -0.1) is 0 Å². The molecule has 0 aliphatic heterocycles. The fourth-order valence-corrected chi connectivity index (χ4v) is 10.3. The molecule has 0 amide bonds. The molecule has 4 aliphatic rings. The summed E-state index contributed by atoms with van der Waals surface area (Å²) in [6.45, 7) is 7.61. The number of alkyl halides is 1. The van der Waals surface area contributed by atoms with Crippen molar-refractivity contribution in [1.82, 2.24) is 0 Å². The van der Waals surface area contributed by atoms with Crippen LogP contribution >= 0.6 is 22.6 Å². The minimum atomic E-state index is 0.296. The molecule has 4 rings (SSSR count). The van der Waals surface area contributed by atoms with Gasteiger partial charge in [0.1, 0.15) is 5.78 Å². The lowest BCUT2D eigenvalue weighted by molar-refractivity contribution is -0.137. The minimum absolute atomic E-state index is 0.296. The standard InChI is InChI=1S/C27H45IO/c1-4-5-6-7-8-9-10-19-11-13-21-20-12-14-23-25(28)24(29)16-18-27(23,3)22(20)15-17-26(19,21)2/h19-23,25H,4-18H2,1-3H3/t19?,20-,21-,22-,23-,25?,26+,27+/m0/s1. The van der Waals surface area contributed by atoms with Crippen LogP contribution in [0.5, 0.6) is 0 Å². The molecule has 0 aromatic heterocycles. The Labute approximate surface area is 194 Å². The molecule has 4 aliphatic carbocycles. The van der Waals surface area contributed by atoms with Crippen molar-refractivity contribution in [2.75, 3.05) is 0 Å². The van der Waals surface area contributed by atoms with Crippen LogP contribution in [0.25, 0.3) is 0 Å². The van der Waals surface area contributed by atoms with Crippen LogP contribution in [0.3, 0.4) is 0 Å². The molecule has 0 heterocycles. The molecule has 0 aromatic carbocycles. The van der Waals surface area contributed by atoms with Crippen LogP contribution in [-0.4, -0.2) is 9.71 Å². The maximum atomic E-state index is 12.4. The van der Waals surface area contributed by atoms with Crippen molar-refractivity contribution < 1.29 is 4.79 Å². The smallest absolute Gasteiger partial charge is 0.145 e. The monoisotopic (exact) mass is 512 g/mol. The van der Waals surface area contributed by atoms with Crippen molar-refractivity contribution in [3.63, 3.8) is 0 Å². The van der Waals surface area contributed by atoms with Gasteiger partial charge in [-0.25, -0.2) is 0 Å². The van der Waals surface area contributed by atoms with Crippen molar-refractivity contribution in [3.05, 3.63) is 0 Å². The molecule has 1 nitrogen and oxygen atoms in total. The van der Waals surface area contributed by atoms with E-state index < -0.39 is 0 Å². The van der Waals surface area contributed by atoms with E-state index in [1.54, 1.807) is 0 Å². The lowest BCUT2D eigenvalue weighted by atomic mass is 9.44. The number of hydrogen-bond donors (Lipinski definition) is 0. The highest BCUT2D eigenvalue weighted by molar-refractivity contribution is 14.1. The van der Waals surface area contributed by atoms with Gasteiger partial charge in [-0.05, 0) is 91.8 Å². The highest BCUT2D eigenvalue weighted by Gasteiger charge is 2.61. The van der Waals surface area contributed by atoms with Gasteiger partial charge in [0.15, 0.2) is 0 Å². The van der Waals surface area contributed by atoms with Crippen LogP contribution in [0.1, 0.15) is 117 Å². The Hall–Kier alpha value is 0.400. The first-order valence-corrected chi connectivity index (χ1v) is 14.3. The lowest BCUT2D eigenvalue weighted by Crippen LogP contribution is -2.56. The Morgan fingerprint density at radius 3 is 2.31 bits per heavy atom. The second-order valence-corrected chi connectivity index (χ2v) is 13.2. The van der Waals surface area contributed by atoms with Crippen molar-refractivity contribution in [2.45, 2.75) is 121 Å². The fourth-order valence-electron chi connectivity index (χ4n) is 8.85. The van der Waals surface area contributed by atoms with Crippen molar-refractivity contribution in [2.24, 2.45) is 40.4 Å². The van der Waals surface area contributed by atoms with Gasteiger partial charge in [-0.3, -0.25) is 4.79 Å². The Morgan fingerprint density at radius 1 is 0.828 bits per heavy atom. The van der Waals surface area contributed by atoms with Crippen molar-refractivity contribution in [1.29, 1.82) is 0 Å². The van der Waals surface area contributed by atoms with Crippen LogP contribution < -0.4 is 0 Å². The minimum Gasteiger partial charge on any atom is -0.299 e. The van der Waals surface area contributed by atoms with Gasteiger partial charge in [0.2, 0.25) is 0 Å². The third-order valence-electron chi connectivity index (χ3n) is 10.6. The number of hydrogen-bond acceptors (Lipinski definition) is 1. The van der Waals surface area contributed by atoms with E-state index in [0.717, 1.165) is 30.1 Å². The van der Waals surface area contributed by atoms with E-state index in [0.29, 0.717) is 26.5 Å². The average Bonchev–Trinajstić information content (AvgIpc) is 3.04. The second kappa shape index (κ2) is 9.10. The molecular weight excluding hydrogens is 467 g/mol. The zero-order valence-electron chi connectivity index (χ0n) is 19.4. The van der Waals surface area contributed by atoms with Crippen LogP contribution in [0, 0.1) is 40.4 Å². The molecule has 0 spiro atoms. The van der Waals surface area contributed by atoms with E-state index in [-0.39, 0.29) is 0 Å². The van der Waals surface area contributed by atoms with E-state index in [2.05, 4.69) is 43.4 Å². The summed E-state index contributed by atoms with van der Waals surface area (Å²) in [7, 11) is 0. The first-order chi connectivity index (χ1) is 13.9. The van der Waals surface area contributed by atoms with E-state index in [4.69, 9.17) is 0 Å². The largest absolute Gasteiger partial charge is 0.299 e. The van der Waals surface area contributed by atoms with Gasteiger partial charge in [0.25, 0.3) is 0 Å². The second-order valence-electron chi connectivity index (χ2n) is 11.8. The zero-order valence-corrected chi connectivity index (χ0v) is 21.5. The van der Waals surface area contributed by atoms with Gasteiger partial charge in [-0.2, -0.15) is 0 Å². The highest BCUT2D eigenvalue weighted by Crippen LogP contribution is 2.68. The molecule has 0 N–H and O–H groups in total. The van der Waals surface area contributed by atoms with Crippen LogP contribution in [0.2, 0.25) is 0 Å². The fraction of sp³-hybridized carbons (Fsp3) is 0.963. The van der Waals surface area contributed by atoms with E-state index in [1.165, 1.54) is 89.9 Å². The lowest BCUT2D eigenvalue weighted by Gasteiger charge is -2.61.